The van der Waals surface area contributed by atoms with E-state index in [9.17, 15) is 0 Å². The van der Waals surface area contributed by atoms with Crippen molar-refractivity contribution in [1.29, 1.82) is 0 Å². The van der Waals surface area contributed by atoms with Crippen LogP contribution in [0, 0.1) is 12.8 Å². The van der Waals surface area contributed by atoms with E-state index in [1.807, 2.05) is 0 Å². The SMILES string of the molecule is Cc1ccc2nc(CC3CC3)[nH]c2c1. The molecule has 2 nitrogen and oxygen atoms in total. The fraction of sp³-hybridized carbons (Fsp3) is 0.417. The number of benzene rings is 1. The van der Waals surface area contributed by atoms with Crippen molar-refractivity contribution >= 4 is 11.0 Å². The molecule has 0 bridgehead atoms. The van der Waals surface area contributed by atoms with E-state index in [0.717, 1.165) is 23.7 Å². The summed E-state index contributed by atoms with van der Waals surface area (Å²) >= 11 is 0. The lowest BCUT2D eigenvalue weighted by molar-refractivity contribution is 0.787. The number of nitrogens with one attached hydrogen (secondary N) is 1. The van der Waals surface area contributed by atoms with E-state index in [4.69, 9.17) is 0 Å². The Bertz CT molecular complexity index is 466. The Morgan fingerprint density at radius 3 is 3.07 bits per heavy atom. The third-order valence-corrected chi connectivity index (χ3v) is 2.87. The quantitative estimate of drug-likeness (QED) is 0.767. The molecule has 1 aliphatic carbocycles. The molecule has 1 aromatic heterocycles. The van der Waals surface area contributed by atoms with Gasteiger partial charge in [0.1, 0.15) is 5.82 Å². The van der Waals surface area contributed by atoms with Crippen LogP contribution >= 0.6 is 0 Å². The summed E-state index contributed by atoms with van der Waals surface area (Å²) in [6.45, 7) is 2.11. The van der Waals surface area contributed by atoms with Crippen LogP contribution in [0.2, 0.25) is 0 Å². The summed E-state index contributed by atoms with van der Waals surface area (Å²) in [4.78, 5) is 7.98. The van der Waals surface area contributed by atoms with Crippen molar-refractivity contribution in [3.63, 3.8) is 0 Å². The van der Waals surface area contributed by atoms with Crippen LogP contribution in [0.4, 0.5) is 0 Å². The second kappa shape index (κ2) is 2.84. The number of rotatable bonds is 2. The van der Waals surface area contributed by atoms with Crippen molar-refractivity contribution in [3.05, 3.63) is 29.6 Å². The Labute approximate surface area is 83.4 Å². The van der Waals surface area contributed by atoms with Gasteiger partial charge in [-0.25, -0.2) is 4.98 Å². The standard InChI is InChI=1S/C12H14N2/c1-8-2-5-10-11(6-8)14-12(13-10)7-9-3-4-9/h2,5-6,9H,3-4,7H2,1H3,(H,13,14). The van der Waals surface area contributed by atoms with Crippen LogP contribution in [0.15, 0.2) is 18.2 Å². The third kappa shape index (κ3) is 1.41. The molecule has 2 aromatic rings. The van der Waals surface area contributed by atoms with E-state index in [1.54, 1.807) is 0 Å². The Morgan fingerprint density at radius 1 is 1.43 bits per heavy atom. The lowest BCUT2D eigenvalue weighted by Crippen LogP contribution is -1.88. The number of aromatic nitrogens is 2. The van der Waals surface area contributed by atoms with Gasteiger partial charge in [-0.3, -0.25) is 0 Å². The third-order valence-electron chi connectivity index (χ3n) is 2.87. The highest BCUT2D eigenvalue weighted by Gasteiger charge is 2.22. The fourth-order valence-corrected chi connectivity index (χ4v) is 1.87. The molecule has 1 aromatic carbocycles. The van der Waals surface area contributed by atoms with E-state index >= 15 is 0 Å². The number of H-pyrrole nitrogens is 1. The largest absolute Gasteiger partial charge is 0.342 e. The lowest BCUT2D eigenvalue weighted by Gasteiger charge is -1.90. The first-order valence-electron chi connectivity index (χ1n) is 5.26. The van der Waals surface area contributed by atoms with Gasteiger partial charge in [-0.1, -0.05) is 6.07 Å². The van der Waals surface area contributed by atoms with Crippen molar-refractivity contribution in [2.75, 3.05) is 0 Å². The average Bonchev–Trinajstić information content (AvgIpc) is 2.84. The van der Waals surface area contributed by atoms with Crippen molar-refractivity contribution < 1.29 is 0 Å². The Hall–Kier alpha value is -1.31. The predicted octanol–water partition coefficient (Wildman–Crippen LogP) is 2.82. The summed E-state index contributed by atoms with van der Waals surface area (Å²) in [5.74, 6) is 2.06. The molecule has 14 heavy (non-hydrogen) atoms. The van der Waals surface area contributed by atoms with Gasteiger partial charge < -0.3 is 4.98 Å². The molecule has 1 saturated carbocycles. The maximum Gasteiger partial charge on any atom is 0.107 e. The lowest BCUT2D eigenvalue weighted by atomic mass is 10.2. The minimum absolute atomic E-state index is 0.900. The van der Waals surface area contributed by atoms with Gasteiger partial charge in [0, 0.05) is 6.42 Å². The minimum atomic E-state index is 0.900. The smallest absolute Gasteiger partial charge is 0.107 e. The molecule has 72 valence electrons. The summed E-state index contributed by atoms with van der Waals surface area (Å²) in [5.41, 5.74) is 3.58. The zero-order valence-electron chi connectivity index (χ0n) is 8.38. The van der Waals surface area contributed by atoms with Gasteiger partial charge in [-0.2, -0.15) is 0 Å². The number of imidazole rings is 1. The molecule has 0 spiro atoms. The number of aryl methyl sites for hydroxylation is 1. The molecule has 0 atom stereocenters. The summed E-state index contributed by atoms with van der Waals surface area (Å²) in [7, 11) is 0. The van der Waals surface area contributed by atoms with Crippen molar-refractivity contribution in [1.82, 2.24) is 9.97 Å². The fourth-order valence-electron chi connectivity index (χ4n) is 1.87. The number of aromatic amines is 1. The monoisotopic (exact) mass is 186 g/mol. The number of hydrogen-bond donors (Lipinski definition) is 1. The van der Waals surface area contributed by atoms with Gasteiger partial charge >= 0.3 is 0 Å². The molecule has 2 heteroatoms. The highest BCUT2D eigenvalue weighted by atomic mass is 14.9. The van der Waals surface area contributed by atoms with Crippen LogP contribution < -0.4 is 0 Å². The highest BCUT2D eigenvalue weighted by molar-refractivity contribution is 5.75. The van der Waals surface area contributed by atoms with Crippen LogP contribution in [0.5, 0.6) is 0 Å². The van der Waals surface area contributed by atoms with Crippen LogP contribution in [-0.4, -0.2) is 9.97 Å². The molecule has 0 unspecified atom stereocenters. The normalized spacial score (nSPS) is 16.4. The first-order valence-corrected chi connectivity index (χ1v) is 5.26. The Kier molecular flexibility index (Phi) is 1.63. The molecule has 0 amide bonds. The molecule has 1 heterocycles. The van der Waals surface area contributed by atoms with Gasteiger partial charge in [0.05, 0.1) is 11.0 Å². The predicted molar refractivity (Wildman–Crippen MR) is 57.3 cm³/mol. The van der Waals surface area contributed by atoms with Gasteiger partial charge in [0.15, 0.2) is 0 Å². The minimum Gasteiger partial charge on any atom is -0.342 e. The average molecular weight is 186 g/mol. The van der Waals surface area contributed by atoms with E-state index in [-0.39, 0.29) is 0 Å². The molecule has 0 saturated heterocycles. The number of hydrogen-bond acceptors (Lipinski definition) is 1. The van der Waals surface area contributed by atoms with E-state index < -0.39 is 0 Å². The zero-order chi connectivity index (χ0) is 9.54. The second-order valence-electron chi connectivity index (χ2n) is 4.35. The van der Waals surface area contributed by atoms with Gasteiger partial charge in [0.25, 0.3) is 0 Å². The molecule has 1 fully saturated rings. The number of nitrogens with zero attached hydrogens (tertiary/aromatic N) is 1. The Morgan fingerprint density at radius 2 is 2.29 bits per heavy atom. The number of fused-ring (bicyclic) bond motifs is 1. The van der Waals surface area contributed by atoms with Gasteiger partial charge in [-0.05, 0) is 43.4 Å². The first-order chi connectivity index (χ1) is 6.81. The first kappa shape index (κ1) is 8.04. The topological polar surface area (TPSA) is 28.7 Å². The highest BCUT2D eigenvalue weighted by Crippen LogP contribution is 2.32. The Balaban J connectivity index is 2.01. The molecule has 0 radical (unpaired) electrons. The van der Waals surface area contributed by atoms with Crippen molar-refractivity contribution in [3.8, 4) is 0 Å². The molecule has 1 N–H and O–H groups in total. The second-order valence-corrected chi connectivity index (χ2v) is 4.35. The van der Waals surface area contributed by atoms with Crippen LogP contribution in [0.3, 0.4) is 0 Å². The zero-order valence-corrected chi connectivity index (χ0v) is 8.38. The summed E-state index contributed by atoms with van der Waals surface area (Å²) in [5, 5.41) is 0. The molecule has 0 aliphatic heterocycles. The van der Waals surface area contributed by atoms with Crippen LogP contribution in [0.25, 0.3) is 11.0 Å². The molecular formula is C12H14N2. The van der Waals surface area contributed by atoms with E-state index in [0.29, 0.717) is 0 Å². The summed E-state index contributed by atoms with van der Waals surface area (Å²) < 4.78 is 0. The summed E-state index contributed by atoms with van der Waals surface area (Å²) in [6.07, 6.45) is 3.90. The maximum absolute atomic E-state index is 4.58. The summed E-state index contributed by atoms with van der Waals surface area (Å²) in [6, 6.07) is 6.38. The van der Waals surface area contributed by atoms with Crippen molar-refractivity contribution in [2.45, 2.75) is 26.2 Å². The van der Waals surface area contributed by atoms with Gasteiger partial charge in [-0.15, -0.1) is 0 Å². The van der Waals surface area contributed by atoms with Crippen LogP contribution in [0.1, 0.15) is 24.2 Å². The van der Waals surface area contributed by atoms with E-state index in [2.05, 4.69) is 35.1 Å². The van der Waals surface area contributed by atoms with Gasteiger partial charge in [0.2, 0.25) is 0 Å². The molecular weight excluding hydrogens is 172 g/mol. The van der Waals surface area contributed by atoms with Crippen molar-refractivity contribution in [2.24, 2.45) is 5.92 Å². The molecule has 1 aliphatic rings. The maximum atomic E-state index is 4.58. The van der Waals surface area contributed by atoms with Crippen LogP contribution in [-0.2, 0) is 6.42 Å². The van der Waals surface area contributed by atoms with E-state index in [1.165, 1.54) is 23.9 Å². The molecule has 3 rings (SSSR count).